The first-order chi connectivity index (χ1) is 10.2. The summed E-state index contributed by atoms with van der Waals surface area (Å²) in [6, 6.07) is 6.84. The van der Waals surface area contributed by atoms with E-state index in [1.54, 1.807) is 0 Å². The summed E-state index contributed by atoms with van der Waals surface area (Å²) in [5, 5.41) is 2.93. The second kappa shape index (κ2) is 4.14. The topological polar surface area (TPSA) is 35.6 Å². The van der Waals surface area contributed by atoms with E-state index in [1.165, 1.54) is 5.56 Å². The second-order valence-corrected chi connectivity index (χ2v) is 7.15. The number of rotatable bonds is 0. The number of piperidine rings is 2. The molecular formula is C16H18ClN3O. The minimum atomic E-state index is 0.160. The van der Waals surface area contributed by atoms with Crippen LogP contribution in [-0.2, 0) is 4.79 Å². The first-order valence-corrected chi connectivity index (χ1v) is 8.25. The number of anilines is 1. The Morgan fingerprint density at radius 2 is 2.05 bits per heavy atom. The minimum Gasteiger partial charge on any atom is -0.297 e. The summed E-state index contributed by atoms with van der Waals surface area (Å²) < 4.78 is 0. The highest BCUT2D eigenvalue weighted by Crippen LogP contribution is 2.51. The second-order valence-electron chi connectivity index (χ2n) is 6.71. The van der Waals surface area contributed by atoms with Crippen LogP contribution in [0.25, 0.3) is 0 Å². The van der Waals surface area contributed by atoms with Crippen molar-refractivity contribution in [2.45, 2.75) is 37.3 Å². The first-order valence-electron chi connectivity index (χ1n) is 7.87. The lowest BCUT2D eigenvalue weighted by molar-refractivity contribution is -0.134. The fourth-order valence-corrected chi connectivity index (χ4v) is 5.19. The van der Waals surface area contributed by atoms with Crippen LogP contribution in [-0.4, -0.2) is 36.0 Å². The molecule has 0 bridgehead atoms. The Labute approximate surface area is 129 Å². The van der Waals surface area contributed by atoms with Gasteiger partial charge in [0, 0.05) is 17.0 Å². The molecule has 0 spiro atoms. The summed E-state index contributed by atoms with van der Waals surface area (Å²) in [6.45, 7) is 2.25. The third kappa shape index (κ3) is 1.52. The van der Waals surface area contributed by atoms with Crippen LogP contribution in [0.5, 0.6) is 0 Å². The van der Waals surface area contributed by atoms with E-state index in [-0.39, 0.29) is 11.8 Å². The highest BCUT2D eigenvalue weighted by Gasteiger charge is 2.56. The number of hydrogen-bond acceptors (Lipinski definition) is 3. The van der Waals surface area contributed by atoms with E-state index in [2.05, 4.69) is 27.5 Å². The molecule has 0 aromatic heterocycles. The molecule has 4 aliphatic heterocycles. The number of carbonyl (C=O) groups is 1. The normalized spacial score (nSPS) is 37.0. The molecule has 5 heteroatoms. The summed E-state index contributed by atoms with van der Waals surface area (Å²) >= 11 is 6.21. The van der Waals surface area contributed by atoms with Gasteiger partial charge in [0.15, 0.2) is 0 Å². The van der Waals surface area contributed by atoms with Gasteiger partial charge >= 0.3 is 0 Å². The van der Waals surface area contributed by atoms with Crippen molar-refractivity contribution in [3.63, 3.8) is 0 Å². The molecule has 1 aromatic carbocycles. The molecule has 0 radical (unpaired) electrons. The van der Waals surface area contributed by atoms with E-state index in [1.807, 2.05) is 6.07 Å². The van der Waals surface area contributed by atoms with Gasteiger partial charge in [-0.1, -0.05) is 11.6 Å². The van der Waals surface area contributed by atoms with Gasteiger partial charge < -0.3 is 0 Å². The summed E-state index contributed by atoms with van der Waals surface area (Å²) in [5.74, 6) is 0.859. The largest absolute Gasteiger partial charge is 0.297 e. The lowest BCUT2D eigenvalue weighted by atomic mass is 9.74. The molecule has 4 heterocycles. The van der Waals surface area contributed by atoms with Crippen LogP contribution in [0, 0.1) is 5.92 Å². The summed E-state index contributed by atoms with van der Waals surface area (Å²) in [5.41, 5.74) is 5.63. The van der Waals surface area contributed by atoms with E-state index in [4.69, 9.17) is 11.6 Å². The van der Waals surface area contributed by atoms with E-state index in [9.17, 15) is 4.79 Å². The Morgan fingerprint density at radius 1 is 1.14 bits per heavy atom. The highest BCUT2D eigenvalue weighted by molar-refractivity contribution is 6.30. The minimum absolute atomic E-state index is 0.160. The van der Waals surface area contributed by atoms with Crippen LogP contribution in [0.15, 0.2) is 18.2 Å². The first kappa shape index (κ1) is 12.3. The lowest BCUT2D eigenvalue weighted by Crippen LogP contribution is -2.71. The van der Waals surface area contributed by atoms with Crippen LogP contribution in [0.3, 0.4) is 0 Å². The maximum Gasteiger partial charge on any atom is 0.243 e. The van der Waals surface area contributed by atoms with Crippen LogP contribution >= 0.6 is 11.6 Å². The van der Waals surface area contributed by atoms with Gasteiger partial charge in [-0.15, -0.1) is 0 Å². The van der Waals surface area contributed by atoms with Gasteiger partial charge in [-0.3, -0.25) is 20.1 Å². The highest BCUT2D eigenvalue weighted by atomic mass is 35.5. The summed E-state index contributed by atoms with van der Waals surface area (Å²) in [4.78, 5) is 15.1. The smallest absolute Gasteiger partial charge is 0.243 e. The Bertz CT molecular complexity index is 634. The molecule has 1 aromatic rings. The molecule has 4 unspecified atom stereocenters. The quantitative estimate of drug-likeness (QED) is 0.797. The van der Waals surface area contributed by atoms with Gasteiger partial charge in [-0.25, -0.2) is 0 Å². The summed E-state index contributed by atoms with van der Waals surface area (Å²) in [7, 11) is 0. The maximum atomic E-state index is 12.5. The van der Waals surface area contributed by atoms with Crippen molar-refractivity contribution < 1.29 is 4.79 Å². The van der Waals surface area contributed by atoms with E-state index in [0.29, 0.717) is 18.0 Å². The van der Waals surface area contributed by atoms with Crippen LogP contribution in [0.1, 0.15) is 30.7 Å². The van der Waals surface area contributed by atoms with Crippen LogP contribution < -0.4 is 10.4 Å². The number of carbonyl (C=O) groups excluding carboxylic acids is 1. The molecule has 110 valence electrons. The van der Waals surface area contributed by atoms with Gasteiger partial charge in [0.25, 0.3) is 0 Å². The standard InChI is InChI=1S/C16H18ClN3O/c17-9-3-4-13-12(8-9)10-5-7-19-6-1-2-11-14(19)15(10)20(13)18-16(11)21/h3-4,8,10-11,14-15H,1-2,5-7H2,(H,18,21). The fourth-order valence-electron chi connectivity index (χ4n) is 5.01. The Kier molecular flexibility index (Phi) is 2.43. The third-order valence-electron chi connectivity index (χ3n) is 5.80. The van der Waals surface area contributed by atoms with Crippen molar-refractivity contribution in [2.75, 3.05) is 18.1 Å². The zero-order chi connectivity index (χ0) is 14.1. The predicted octanol–water partition coefficient (Wildman–Crippen LogP) is 2.14. The van der Waals surface area contributed by atoms with Gasteiger partial charge in [-0.05, 0) is 56.1 Å². The number of nitrogens with zero attached hydrogens (tertiary/aromatic N) is 2. The van der Waals surface area contributed by atoms with Crippen molar-refractivity contribution in [1.82, 2.24) is 10.3 Å². The molecule has 3 saturated heterocycles. The third-order valence-corrected chi connectivity index (χ3v) is 6.03. The van der Waals surface area contributed by atoms with Crippen molar-refractivity contribution in [3.8, 4) is 0 Å². The zero-order valence-corrected chi connectivity index (χ0v) is 12.5. The number of benzene rings is 1. The zero-order valence-electron chi connectivity index (χ0n) is 11.8. The molecular weight excluding hydrogens is 286 g/mol. The molecule has 1 amide bonds. The van der Waals surface area contributed by atoms with Crippen LogP contribution in [0.2, 0.25) is 5.02 Å². The summed E-state index contributed by atoms with van der Waals surface area (Å²) in [6.07, 6.45) is 3.33. The van der Waals surface area contributed by atoms with Gasteiger partial charge in [0.2, 0.25) is 5.91 Å². The predicted molar refractivity (Wildman–Crippen MR) is 81.3 cm³/mol. The molecule has 4 aliphatic rings. The molecule has 21 heavy (non-hydrogen) atoms. The van der Waals surface area contributed by atoms with Gasteiger partial charge in [0.05, 0.1) is 17.6 Å². The number of hydrogen-bond donors (Lipinski definition) is 1. The van der Waals surface area contributed by atoms with Gasteiger partial charge in [0.1, 0.15) is 0 Å². The molecule has 4 atom stereocenters. The van der Waals surface area contributed by atoms with Crippen LogP contribution in [0.4, 0.5) is 5.69 Å². The molecule has 0 aliphatic carbocycles. The van der Waals surface area contributed by atoms with Crippen molar-refractivity contribution in [3.05, 3.63) is 28.8 Å². The Hall–Kier alpha value is -1.26. The maximum absolute atomic E-state index is 12.5. The Balaban J connectivity index is 1.66. The SMILES string of the molecule is O=C1NN2c3ccc(Cl)cc3C3CCN4CCCC1C4C32. The average molecular weight is 304 g/mol. The van der Waals surface area contributed by atoms with Crippen molar-refractivity contribution >= 4 is 23.2 Å². The van der Waals surface area contributed by atoms with E-state index < -0.39 is 0 Å². The number of nitrogens with one attached hydrogen (secondary N) is 1. The van der Waals surface area contributed by atoms with Crippen molar-refractivity contribution in [2.24, 2.45) is 5.92 Å². The monoisotopic (exact) mass is 303 g/mol. The number of halogens is 1. The number of hydrazine groups is 1. The molecule has 5 rings (SSSR count). The molecule has 1 N–H and O–H groups in total. The van der Waals surface area contributed by atoms with E-state index >= 15 is 0 Å². The Morgan fingerprint density at radius 3 is 2.95 bits per heavy atom. The average Bonchev–Trinajstić information content (AvgIpc) is 2.80. The fraction of sp³-hybridized carbons (Fsp3) is 0.562. The van der Waals surface area contributed by atoms with Gasteiger partial charge in [-0.2, -0.15) is 0 Å². The molecule has 4 nitrogen and oxygen atoms in total. The number of amides is 1. The molecule has 3 fully saturated rings. The van der Waals surface area contributed by atoms with E-state index in [0.717, 1.165) is 43.1 Å². The number of fused-ring (bicyclic) bond motifs is 3. The van der Waals surface area contributed by atoms with Crippen molar-refractivity contribution in [1.29, 1.82) is 0 Å². The molecule has 0 saturated carbocycles. The lowest BCUT2D eigenvalue weighted by Gasteiger charge is -2.54.